The summed E-state index contributed by atoms with van der Waals surface area (Å²) in [6, 6.07) is 0. The molecule has 0 aliphatic carbocycles. The van der Waals surface area contributed by atoms with Crippen LogP contribution in [0, 0.1) is 0 Å². The Morgan fingerprint density at radius 1 is 1.33 bits per heavy atom. The van der Waals surface area contributed by atoms with Gasteiger partial charge in [0.05, 0.1) is 18.8 Å². The summed E-state index contributed by atoms with van der Waals surface area (Å²) in [6.45, 7) is 10.2. The summed E-state index contributed by atoms with van der Waals surface area (Å²) >= 11 is 0. The second-order valence-corrected chi connectivity index (χ2v) is 4.99. The third kappa shape index (κ3) is 3.41. The van der Waals surface area contributed by atoms with Crippen LogP contribution in [0.2, 0.25) is 0 Å². The van der Waals surface area contributed by atoms with Crippen molar-refractivity contribution in [2.45, 2.75) is 32.1 Å². The third-order valence-electron chi connectivity index (χ3n) is 3.03. The molecule has 88 valence electrons. The van der Waals surface area contributed by atoms with Gasteiger partial charge in [-0.05, 0) is 20.3 Å². The lowest BCUT2D eigenvalue weighted by molar-refractivity contribution is -0.0272. The van der Waals surface area contributed by atoms with Gasteiger partial charge >= 0.3 is 0 Å². The van der Waals surface area contributed by atoms with Crippen molar-refractivity contribution in [3.63, 3.8) is 0 Å². The molecule has 0 bridgehead atoms. The highest BCUT2D eigenvalue weighted by Crippen LogP contribution is 2.18. The molecule has 0 saturated carbocycles. The summed E-state index contributed by atoms with van der Waals surface area (Å²) in [4.78, 5) is 2.44. The van der Waals surface area contributed by atoms with Crippen molar-refractivity contribution >= 4 is 0 Å². The molecule has 4 nitrogen and oxygen atoms in total. The number of hydrogen-bond donors (Lipinski definition) is 1. The van der Waals surface area contributed by atoms with Crippen molar-refractivity contribution in [3.8, 4) is 0 Å². The van der Waals surface area contributed by atoms with E-state index in [0.29, 0.717) is 0 Å². The van der Waals surface area contributed by atoms with Gasteiger partial charge < -0.3 is 9.47 Å². The van der Waals surface area contributed by atoms with E-state index in [1.165, 1.54) is 0 Å². The quantitative estimate of drug-likeness (QED) is 0.739. The molecule has 0 spiro atoms. The van der Waals surface area contributed by atoms with Crippen LogP contribution in [0.25, 0.3) is 0 Å². The first kappa shape index (κ1) is 11.3. The highest BCUT2D eigenvalue weighted by atomic mass is 16.5. The molecule has 0 aromatic rings. The lowest BCUT2D eigenvalue weighted by Crippen LogP contribution is -2.39. The van der Waals surface area contributed by atoms with Crippen LogP contribution in [0.5, 0.6) is 0 Å². The second kappa shape index (κ2) is 4.78. The van der Waals surface area contributed by atoms with Gasteiger partial charge in [-0.1, -0.05) is 0 Å². The Morgan fingerprint density at radius 2 is 2.07 bits per heavy atom. The maximum absolute atomic E-state index is 5.87. The second-order valence-electron chi connectivity index (χ2n) is 4.99. The van der Waals surface area contributed by atoms with E-state index in [4.69, 9.17) is 9.47 Å². The van der Waals surface area contributed by atoms with Gasteiger partial charge in [0, 0.05) is 26.2 Å². The standard InChI is InChI=1S/C11H22N2O2/c1-11(2)9-12-10(15-11)3-4-13-5-7-14-8-6-13/h10,12H,3-9H2,1-2H3. The van der Waals surface area contributed by atoms with E-state index in [1.54, 1.807) is 0 Å². The molecule has 0 aromatic carbocycles. The molecule has 2 aliphatic heterocycles. The Labute approximate surface area is 91.9 Å². The first-order valence-corrected chi connectivity index (χ1v) is 5.87. The summed E-state index contributed by atoms with van der Waals surface area (Å²) in [5.41, 5.74) is 0.00960. The Kier molecular flexibility index (Phi) is 3.61. The van der Waals surface area contributed by atoms with Crippen molar-refractivity contribution in [1.29, 1.82) is 0 Å². The molecule has 1 N–H and O–H groups in total. The van der Waals surface area contributed by atoms with Gasteiger partial charge in [-0.25, -0.2) is 0 Å². The monoisotopic (exact) mass is 214 g/mol. The normalized spacial score (nSPS) is 32.0. The first-order valence-electron chi connectivity index (χ1n) is 5.87. The van der Waals surface area contributed by atoms with Gasteiger partial charge in [-0.3, -0.25) is 10.2 Å². The fourth-order valence-corrected chi connectivity index (χ4v) is 2.11. The van der Waals surface area contributed by atoms with Crippen LogP contribution in [0.15, 0.2) is 0 Å². The Hall–Kier alpha value is -0.160. The molecule has 2 aliphatic rings. The smallest absolute Gasteiger partial charge is 0.110 e. The summed E-state index contributed by atoms with van der Waals surface area (Å²) in [5.74, 6) is 0. The van der Waals surface area contributed by atoms with Crippen molar-refractivity contribution in [1.82, 2.24) is 10.2 Å². The molecule has 2 fully saturated rings. The largest absolute Gasteiger partial charge is 0.379 e. The molecular formula is C11H22N2O2. The van der Waals surface area contributed by atoms with E-state index in [-0.39, 0.29) is 11.8 Å². The average molecular weight is 214 g/mol. The fourth-order valence-electron chi connectivity index (χ4n) is 2.11. The van der Waals surface area contributed by atoms with Crippen LogP contribution < -0.4 is 5.32 Å². The topological polar surface area (TPSA) is 33.7 Å². The fraction of sp³-hybridized carbons (Fsp3) is 1.00. The van der Waals surface area contributed by atoms with Crippen molar-refractivity contribution < 1.29 is 9.47 Å². The third-order valence-corrected chi connectivity index (χ3v) is 3.03. The van der Waals surface area contributed by atoms with Crippen LogP contribution in [-0.2, 0) is 9.47 Å². The van der Waals surface area contributed by atoms with E-state index in [1.807, 2.05) is 0 Å². The van der Waals surface area contributed by atoms with E-state index in [2.05, 4.69) is 24.1 Å². The Balaban J connectivity index is 1.65. The molecule has 15 heavy (non-hydrogen) atoms. The SMILES string of the molecule is CC1(C)CNC(CCN2CCOCC2)O1. The van der Waals surface area contributed by atoms with Crippen LogP contribution in [0.3, 0.4) is 0 Å². The molecule has 2 saturated heterocycles. The molecule has 2 heterocycles. The summed E-state index contributed by atoms with van der Waals surface area (Å²) < 4.78 is 11.2. The molecule has 1 unspecified atom stereocenters. The zero-order valence-electron chi connectivity index (χ0n) is 9.79. The molecule has 4 heteroatoms. The predicted molar refractivity (Wildman–Crippen MR) is 58.8 cm³/mol. The molecule has 1 atom stereocenters. The van der Waals surface area contributed by atoms with E-state index >= 15 is 0 Å². The number of ether oxygens (including phenoxy) is 2. The minimum absolute atomic E-state index is 0.00960. The summed E-state index contributed by atoms with van der Waals surface area (Å²) in [7, 11) is 0. The highest BCUT2D eigenvalue weighted by molar-refractivity contribution is 4.81. The number of hydrogen-bond acceptors (Lipinski definition) is 4. The highest BCUT2D eigenvalue weighted by Gasteiger charge is 2.31. The van der Waals surface area contributed by atoms with Gasteiger partial charge in [-0.2, -0.15) is 0 Å². The molecule has 0 aromatic heterocycles. The number of nitrogens with zero attached hydrogens (tertiary/aromatic N) is 1. The zero-order valence-corrected chi connectivity index (χ0v) is 9.79. The average Bonchev–Trinajstić information content (AvgIpc) is 2.57. The minimum atomic E-state index is 0.00960. The van der Waals surface area contributed by atoms with Gasteiger partial charge in [0.2, 0.25) is 0 Å². The predicted octanol–water partition coefficient (Wildman–Crippen LogP) is 0.433. The van der Waals surface area contributed by atoms with Crippen LogP contribution in [0.1, 0.15) is 20.3 Å². The summed E-state index contributed by atoms with van der Waals surface area (Å²) in [6.07, 6.45) is 1.31. The van der Waals surface area contributed by atoms with Crippen molar-refractivity contribution in [2.75, 3.05) is 39.4 Å². The minimum Gasteiger partial charge on any atom is -0.379 e. The molecule has 0 radical (unpaired) electrons. The van der Waals surface area contributed by atoms with Gasteiger partial charge in [-0.15, -0.1) is 0 Å². The van der Waals surface area contributed by atoms with E-state index in [9.17, 15) is 0 Å². The van der Waals surface area contributed by atoms with E-state index in [0.717, 1.165) is 45.8 Å². The Bertz CT molecular complexity index is 203. The number of rotatable bonds is 3. The molecule has 0 amide bonds. The molecular weight excluding hydrogens is 192 g/mol. The van der Waals surface area contributed by atoms with Crippen LogP contribution in [0.4, 0.5) is 0 Å². The van der Waals surface area contributed by atoms with Crippen LogP contribution in [-0.4, -0.2) is 56.1 Å². The van der Waals surface area contributed by atoms with Crippen molar-refractivity contribution in [2.24, 2.45) is 0 Å². The number of nitrogens with one attached hydrogen (secondary N) is 1. The zero-order chi connectivity index (χ0) is 10.7. The van der Waals surface area contributed by atoms with Crippen LogP contribution >= 0.6 is 0 Å². The van der Waals surface area contributed by atoms with Gasteiger partial charge in [0.15, 0.2) is 0 Å². The lowest BCUT2D eigenvalue weighted by atomic mass is 10.1. The lowest BCUT2D eigenvalue weighted by Gasteiger charge is -2.27. The molecule has 2 rings (SSSR count). The van der Waals surface area contributed by atoms with E-state index < -0.39 is 0 Å². The Morgan fingerprint density at radius 3 is 2.67 bits per heavy atom. The maximum atomic E-state index is 5.87. The first-order chi connectivity index (χ1) is 7.16. The van der Waals surface area contributed by atoms with Crippen molar-refractivity contribution in [3.05, 3.63) is 0 Å². The summed E-state index contributed by atoms with van der Waals surface area (Å²) in [5, 5.41) is 3.41. The number of morpholine rings is 1. The van der Waals surface area contributed by atoms with Gasteiger partial charge in [0.25, 0.3) is 0 Å². The maximum Gasteiger partial charge on any atom is 0.110 e. The van der Waals surface area contributed by atoms with Gasteiger partial charge in [0.1, 0.15) is 6.23 Å².